The van der Waals surface area contributed by atoms with Gasteiger partial charge in [0.1, 0.15) is 17.1 Å². The highest BCUT2D eigenvalue weighted by atomic mass is 16.5. The molecule has 0 saturated heterocycles. The van der Waals surface area contributed by atoms with E-state index in [-0.39, 0.29) is 11.0 Å². The predicted molar refractivity (Wildman–Crippen MR) is 98.8 cm³/mol. The normalized spacial score (nSPS) is 20.3. The molecule has 128 valence electrons. The summed E-state index contributed by atoms with van der Waals surface area (Å²) in [5.41, 5.74) is 2.24. The number of para-hydroxylation sites is 2. The second-order valence-corrected chi connectivity index (χ2v) is 7.91. The van der Waals surface area contributed by atoms with Crippen molar-refractivity contribution in [1.29, 1.82) is 0 Å². The number of ether oxygens (including phenoxy) is 1. The Balaban J connectivity index is 1.61. The van der Waals surface area contributed by atoms with Gasteiger partial charge in [0.15, 0.2) is 0 Å². The van der Waals surface area contributed by atoms with Crippen molar-refractivity contribution in [3.63, 3.8) is 0 Å². The van der Waals surface area contributed by atoms with Crippen molar-refractivity contribution < 1.29 is 9.84 Å². The molecule has 1 heterocycles. The van der Waals surface area contributed by atoms with Gasteiger partial charge < -0.3 is 9.84 Å². The van der Waals surface area contributed by atoms with Crippen molar-refractivity contribution in [2.45, 2.75) is 63.9 Å². The molecule has 2 aromatic rings. The van der Waals surface area contributed by atoms with Crippen molar-refractivity contribution in [2.24, 2.45) is 0 Å². The Bertz CT molecular complexity index is 705. The van der Waals surface area contributed by atoms with Crippen LogP contribution in [0, 0.1) is 0 Å². The van der Waals surface area contributed by atoms with Gasteiger partial charge in [-0.25, -0.2) is 0 Å². The summed E-state index contributed by atoms with van der Waals surface area (Å²) in [5, 5.41) is 10.1. The molecule has 1 aliphatic rings. The highest BCUT2D eigenvalue weighted by Gasteiger charge is 2.32. The van der Waals surface area contributed by atoms with Crippen LogP contribution < -0.4 is 4.74 Å². The summed E-state index contributed by atoms with van der Waals surface area (Å²) in [6.45, 7) is 6.65. The second-order valence-electron chi connectivity index (χ2n) is 7.91. The molecule has 0 radical (unpaired) electrons. The first-order chi connectivity index (χ1) is 11.4. The third kappa shape index (κ3) is 3.58. The van der Waals surface area contributed by atoms with Crippen LogP contribution in [0.2, 0.25) is 0 Å². The maximum Gasteiger partial charge on any atom is 0.123 e. The average Bonchev–Trinajstić information content (AvgIpc) is 2.54. The Hall–Kier alpha value is -1.96. The molecule has 0 amide bonds. The fraction of sp³-hybridized carbons (Fsp3) is 0.455. The molecule has 0 aromatic heterocycles. The van der Waals surface area contributed by atoms with Crippen molar-refractivity contribution in [3.05, 3.63) is 59.7 Å². The first-order valence-corrected chi connectivity index (χ1v) is 8.95. The number of aryl methyl sites for hydroxylation is 1. The minimum atomic E-state index is -0.0802. The topological polar surface area (TPSA) is 29.5 Å². The first kappa shape index (κ1) is 16.9. The van der Waals surface area contributed by atoms with E-state index in [0.717, 1.165) is 43.4 Å². The molecule has 1 atom stereocenters. The van der Waals surface area contributed by atoms with Crippen LogP contribution in [0.3, 0.4) is 0 Å². The van der Waals surface area contributed by atoms with E-state index in [1.807, 2.05) is 24.3 Å². The number of phenolic OH excluding ortho intramolecular Hbond substituents is 1. The molecule has 1 unspecified atom stereocenters. The standard InChI is InChI=1S/C22H28O2/c1-21(2,18-10-5-6-11-19(18)23)14-8-15-22(3)16-13-17-9-4-7-12-20(17)24-22/h4-7,9-12,23H,8,13-16H2,1-3H3. The Morgan fingerprint density at radius 3 is 2.58 bits per heavy atom. The summed E-state index contributed by atoms with van der Waals surface area (Å²) < 4.78 is 6.31. The lowest BCUT2D eigenvalue weighted by atomic mass is 9.78. The van der Waals surface area contributed by atoms with Gasteiger partial charge in [-0.2, -0.15) is 0 Å². The lowest BCUT2D eigenvalue weighted by Crippen LogP contribution is -2.36. The molecular weight excluding hydrogens is 296 g/mol. The predicted octanol–water partition coefficient (Wildman–Crippen LogP) is 5.62. The maximum absolute atomic E-state index is 10.1. The minimum Gasteiger partial charge on any atom is -0.508 e. The zero-order valence-corrected chi connectivity index (χ0v) is 15.0. The first-order valence-electron chi connectivity index (χ1n) is 8.95. The lowest BCUT2D eigenvalue weighted by molar-refractivity contribution is 0.0522. The zero-order chi connectivity index (χ0) is 17.2. The monoisotopic (exact) mass is 324 g/mol. The van der Waals surface area contributed by atoms with E-state index in [2.05, 4.69) is 39.0 Å². The van der Waals surface area contributed by atoms with Gasteiger partial charge in [-0.3, -0.25) is 0 Å². The molecule has 0 spiro atoms. The molecule has 2 aromatic carbocycles. The molecule has 0 bridgehead atoms. The number of benzene rings is 2. The van der Waals surface area contributed by atoms with E-state index >= 15 is 0 Å². The van der Waals surface area contributed by atoms with Crippen LogP contribution in [-0.4, -0.2) is 10.7 Å². The number of fused-ring (bicyclic) bond motifs is 1. The van der Waals surface area contributed by atoms with Crippen LogP contribution in [0.25, 0.3) is 0 Å². The van der Waals surface area contributed by atoms with Crippen LogP contribution in [0.15, 0.2) is 48.5 Å². The van der Waals surface area contributed by atoms with Crippen LogP contribution >= 0.6 is 0 Å². The fourth-order valence-corrected chi connectivity index (χ4v) is 3.79. The lowest BCUT2D eigenvalue weighted by Gasteiger charge is -2.37. The van der Waals surface area contributed by atoms with Gasteiger partial charge >= 0.3 is 0 Å². The largest absolute Gasteiger partial charge is 0.508 e. The highest BCUT2D eigenvalue weighted by Crippen LogP contribution is 2.39. The van der Waals surface area contributed by atoms with Crippen LogP contribution in [0.4, 0.5) is 0 Å². The minimum absolute atomic E-state index is 0.0335. The Morgan fingerprint density at radius 1 is 1.08 bits per heavy atom. The third-order valence-corrected chi connectivity index (χ3v) is 5.39. The maximum atomic E-state index is 10.1. The van der Waals surface area contributed by atoms with Crippen molar-refractivity contribution in [3.8, 4) is 11.5 Å². The summed E-state index contributed by atoms with van der Waals surface area (Å²) in [4.78, 5) is 0. The number of hydrogen-bond acceptors (Lipinski definition) is 2. The number of rotatable bonds is 5. The molecule has 1 aliphatic heterocycles. The smallest absolute Gasteiger partial charge is 0.123 e. The molecule has 3 rings (SSSR count). The molecule has 0 fully saturated rings. The third-order valence-electron chi connectivity index (χ3n) is 5.39. The van der Waals surface area contributed by atoms with E-state index in [0.29, 0.717) is 5.75 Å². The van der Waals surface area contributed by atoms with E-state index in [4.69, 9.17) is 4.74 Å². The van der Waals surface area contributed by atoms with Gasteiger partial charge in [0, 0.05) is 0 Å². The zero-order valence-electron chi connectivity index (χ0n) is 15.0. The fourth-order valence-electron chi connectivity index (χ4n) is 3.79. The van der Waals surface area contributed by atoms with E-state index in [9.17, 15) is 5.11 Å². The average molecular weight is 324 g/mol. The highest BCUT2D eigenvalue weighted by molar-refractivity contribution is 5.38. The van der Waals surface area contributed by atoms with E-state index < -0.39 is 0 Å². The number of phenols is 1. The molecule has 2 heteroatoms. The van der Waals surface area contributed by atoms with Crippen LogP contribution in [0.1, 0.15) is 57.6 Å². The SMILES string of the molecule is CC1(CCCC(C)(C)c2ccccc2O)CCc2ccccc2O1. The summed E-state index contributed by atoms with van der Waals surface area (Å²) >= 11 is 0. The molecule has 24 heavy (non-hydrogen) atoms. The summed E-state index contributed by atoms with van der Waals surface area (Å²) in [6.07, 6.45) is 5.32. The van der Waals surface area contributed by atoms with Crippen molar-refractivity contribution in [1.82, 2.24) is 0 Å². The van der Waals surface area contributed by atoms with E-state index in [1.54, 1.807) is 6.07 Å². The number of hydrogen-bond donors (Lipinski definition) is 1. The van der Waals surface area contributed by atoms with Gasteiger partial charge in [0.25, 0.3) is 0 Å². The Kier molecular flexibility index (Phi) is 4.58. The second kappa shape index (κ2) is 6.51. The van der Waals surface area contributed by atoms with Gasteiger partial charge in [-0.1, -0.05) is 50.2 Å². The van der Waals surface area contributed by atoms with Crippen LogP contribution in [-0.2, 0) is 11.8 Å². The summed E-state index contributed by atoms with van der Waals surface area (Å²) in [6, 6.07) is 16.1. The Labute approximate surface area is 145 Å². The van der Waals surface area contributed by atoms with Crippen molar-refractivity contribution >= 4 is 0 Å². The van der Waals surface area contributed by atoms with Crippen molar-refractivity contribution in [2.75, 3.05) is 0 Å². The Morgan fingerprint density at radius 2 is 1.79 bits per heavy atom. The summed E-state index contributed by atoms with van der Waals surface area (Å²) in [5.74, 6) is 1.45. The molecular formula is C22H28O2. The van der Waals surface area contributed by atoms with Gasteiger partial charge in [0.2, 0.25) is 0 Å². The molecule has 0 aliphatic carbocycles. The van der Waals surface area contributed by atoms with Gasteiger partial charge in [0.05, 0.1) is 0 Å². The molecule has 1 N–H and O–H groups in total. The molecule has 2 nitrogen and oxygen atoms in total. The van der Waals surface area contributed by atoms with E-state index in [1.165, 1.54) is 5.56 Å². The van der Waals surface area contributed by atoms with Gasteiger partial charge in [-0.05, 0) is 67.7 Å². The van der Waals surface area contributed by atoms with Gasteiger partial charge in [-0.15, -0.1) is 0 Å². The molecule has 0 saturated carbocycles. The number of aromatic hydroxyl groups is 1. The quantitative estimate of drug-likeness (QED) is 0.773. The summed E-state index contributed by atoms with van der Waals surface area (Å²) in [7, 11) is 0. The van der Waals surface area contributed by atoms with Crippen LogP contribution in [0.5, 0.6) is 11.5 Å².